The quantitative estimate of drug-likeness (QED) is 0.848. The van der Waals surface area contributed by atoms with Crippen LogP contribution in [-0.2, 0) is 24.8 Å². The van der Waals surface area contributed by atoms with Gasteiger partial charge in [-0.1, -0.05) is 30.3 Å². The predicted octanol–water partition coefficient (Wildman–Crippen LogP) is 1.87. The molecule has 0 spiro atoms. The highest BCUT2D eigenvalue weighted by Gasteiger charge is 2.08. The number of rotatable bonds is 5. The summed E-state index contributed by atoms with van der Waals surface area (Å²) in [7, 11) is 1.95. The van der Waals surface area contributed by atoms with Crippen molar-refractivity contribution in [1.29, 1.82) is 0 Å². The van der Waals surface area contributed by atoms with Crippen LogP contribution >= 0.6 is 11.6 Å². The van der Waals surface area contributed by atoms with Crippen LogP contribution < -0.4 is 5.32 Å². The molecule has 0 aliphatic heterocycles. The summed E-state index contributed by atoms with van der Waals surface area (Å²) < 4.78 is 2.00. The van der Waals surface area contributed by atoms with E-state index in [0.29, 0.717) is 6.54 Å². The molecule has 2 rings (SSSR count). The van der Waals surface area contributed by atoms with Gasteiger partial charge in [0.25, 0.3) is 0 Å². The Balaban J connectivity index is 2.04. The van der Waals surface area contributed by atoms with E-state index in [1.807, 2.05) is 36.0 Å². The number of halogens is 1. The SMILES string of the molecule is Cn1c(Cc2ccccc2)cnc1CNC(=O)CCl. The second-order valence-electron chi connectivity index (χ2n) is 4.30. The Hall–Kier alpha value is -1.81. The van der Waals surface area contributed by atoms with E-state index in [1.54, 1.807) is 0 Å². The van der Waals surface area contributed by atoms with Gasteiger partial charge in [0.15, 0.2) is 0 Å². The first-order chi connectivity index (χ1) is 9.20. The van der Waals surface area contributed by atoms with Crippen LogP contribution in [0.1, 0.15) is 17.1 Å². The van der Waals surface area contributed by atoms with Crippen molar-refractivity contribution in [3.8, 4) is 0 Å². The van der Waals surface area contributed by atoms with E-state index in [0.717, 1.165) is 17.9 Å². The number of amides is 1. The van der Waals surface area contributed by atoms with Crippen LogP contribution in [0.2, 0.25) is 0 Å². The van der Waals surface area contributed by atoms with Gasteiger partial charge in [-0.3, -0.25) is 4.79 Å². The molecule has 1 aromatic heterocycles. The van der Waals surface area contributed by atoms with Gasteiger partial charge in [-0.2, -0.15) is 0 Å². The normalized spacial score (nSPS) is 10.4. The van der Waals surface area contributed by atoms with Crippen molar-refractivity contribution in [3.63, 3.8) is 0 Å². The van der Waals surface area contributed by atoms with Gasteiger partial charge in [0.1, 0.15) is 11.7 Å². The third kappa shape index (κ3) is 3.58. The number of hydrogen-bond donors (Lipinski definition) is 1. The van der Waals surface area contributed by atoms with E-state index in [9.17, 15) is 4.79 Å². The molecule has 0 aliphatic rings. The minimum Gasteiger partial charge on any atom is -0.348 e. The number of imidazole rings is 1. The van der Waals surface area contributed by atoms with E-state index in [1.165, 1.54) is 5.56 Å². The van der Waals surface area contributed by atoms with E-state index in [-0.39, 0.29) is 11.8 Å². The zero-order valence-corrected chi connectivity index (χ0v) is 11.5. The first-order valence-electron chi connectivity index (χ1n) is 6.06. The molecule has 0 aliphatic carbocycles. The van der Waals surface area contributed by atoms with Gasteiger partial charge < -0.3 is 9.88 Å². The molecule has 19 heavy (non-hydrogen) atoms. The molecule has 0 fully saturated rings. The van der Waals surface area contributed by atoms with Gasteiger partial charge in [0, 0.05) is 25.4 Å². The van der Waals surface area contributed by atoms with Gasteiger partial charge in [0.2, 0.25) is 5.91 Å². The highest BCUT2D eigenvalue weighted by Crippen LogP contribution is 2.10. The van der Waals surface area contributed by atoms with Gasteiger partial charge in [-0.05, 0) is 5.56 Å². The molecular weight excluding hydrogens is 262 g/mol. The van der Waals surface area contributed by atoms with E-state index in [2.05, 4.69) is 22.4 Å². The largest absolute Gasteiger partial charge is 0.348 e. The number of nitrogens with zero attached hydrogens (tertiary/aromatic N) is 2. The minimum atomic E-state index is -0.186. The zero-order chi connectivity index (χ0) is 13.7. The van der Waals surface area contributed by atoms with Crippen molar-refractivity contribution < 1.29 is 4.79 Å². The summed E-state index contributed by atoms with van der Waals surface area (Å²) in [6, 6.07) is 10.2. The topological polar surface area (TPSA) is 46.9 Å². The highest BCUT2D eigenvalue weighted by molar-refractivity contribution is 6.27. The molecule has 1 heterocycles. The number of nitrogens with one attached hydrogen (secondary N) is 1. The molecule has 1 aromatic carbocycles. The van der Waals surface area contributed by atoms with Crippen molar-refractivity contribution in [3.05, 3.63) is 53.6 Å². The Morgan fingerprint density at radius 3 is 2.79 bits per heavy atom. The summed E-state index contributed by atoms with van der Waals surface area (Å²) in [6.07, 6.45) is 2.67. The fraction of sp³-hybridized carbons (Fsp3) is 0.286. The third-order valence-corrected chi connectivity index (χ3v) is 3.22. The summed E-state index contributed by atoms with van der Waals surface area (Å²) >= 11 is 5.43. The van der Waals surface area contributed by atoms with Gasteiger partial charge in [-0.15, -0.1) is 11.6 Å². The molecule has 0 saturated carbocycles. The molecule has 0 radical (unpaired) electrons. The maximum absolute atomic E-state index is 11.1. The summed E-state index contributed by atoms with van der Waals surface area (Å²) in [4.78, 5) is 15.4. The van der Waals surface area contributed by atoms with Crippen molar-refractivity contribution in [2.75, 3.05) is 5.88 Å². The van der Waals surface area contributed by atoms with Crippen LogP contribution in [0.3, 0.4) is 0 Å². The summed E-state index contributed by atoms with van der Waals surface area (Å²) in [6.45, 7) is 0.400. The van der Waals surface area contributed by atoms with Crippen molar-refractivity contribution >= 4 is 17.5 Å². The lowest BCUT2D eigenvalue weighted by molar-refractivity contribution is -0.118. The second-order valence-corrected chi connectivity index (χ2v) is 4.56. The van der Waals surface area contributed by atoms with E-state index < -0.39 is 0 Å². The molecule has 0 saturated heterocycles. The van der Waals surface area contributed by atoms with Crippen LogP contribution in [0.5, 0.6) is 0 Å². The summed E-state index contributed by atoms with van der Waals surface area (Å²) in [5.41, 5.74) is 2.35. The standard InChI is InChI=1S/C14H16ClN3O/c1-18-12(7-11-5-3-2-4-6-11)9-16-13(18)10-17-14(19)8-15/h2-6,9H,7-8,10H2,1H3,(H,17,19). The fourth-order valence-electron chi connectivity index (χ4n) is 1.85. The average molecular weight is 278 g/mol. The monoisotopic (exact) mass is 277 g/mol. The lowest BCUT2D eigenvalue weighted by atomic mass is 10.1. The van der Waals surface area contributed by atoms with Gasteiger partial charge >= 0.3 is 0 Å². The maximum Gasteiger partial charge on any atom is 0.235 e. The molecule has 1 N–H and O–H groups in total. The number of aromatic nitrogens is 2. The number of carbonyl (C=O) groups is 1. The Morgan fingerprint density at radius 2 is 2.11 bits per heavy atom. The fourth-order valence-corrected chi connectivity index (χ4v) is 1.94. The average Bonchev–Trinajstić information content (AvgIpc) is 2.78. The first-order valence-corrected chi connectivity index (χ1v) is 6.60. The lowest BCUT2D eigenvalue weighted by Crippen LogP contribution is -2.25. The Bertz CT molecular complexity index is 551. The number of carbonyl (C=O) groups excluding carboxylic acids is 1. The molecule has 2 aromatic rings. The second kappa shape index (κ2) is 6.38. The van der Waals surface area contributed by atoms with E-state index >= 15 is 0 Å². The van der Waals surface area contributed by atoms with Crippen molar-refractivity contribution in [2.45, 2.75) is 13.0 Å². The number of hydrogen-bond acceptors (Lipinski definition) is 2. The van der Waals surface area contributed by atoms with Gasteiger partial charge in [-0.25, -0.2) is 4.98 Å². The number of alkyl halides is 1. The Kier molecular flexibility index (Phi) is 4.58. The summed E-state index contributed by atoms with van der Waals surface area (Å²) in [5, 5.41) is 2.71. The first kappa shape index (κ1) is 13.6. The van der Waals surface area contributed by atoms with E-state index in [4.69, 9.17) is 11.6 Å². The van der Waals surface area contributed by atoms with Crippen LogP contribution in [0, 0.1) is 0 Å². The lowest BCUT2D eigenvalue weighted by Gasteiger charge is -2.07. The van der Waals surface area contributed by atoms with Crippen LogP contribution in [0.15, 0.2) is 36.5 Å². The zero-order valence-electron chi connectivity index (χ0n) is 10.8. The molecular formula is C14H16ClN3O. The molecule has 1 amide bonds. The molecule has 0 bridgehead atoms. The Morgan fingerprint density at radius 1 is 1.37 bits per heavy atom. The molecule has 100 valence electrons. The summed E-state index contributed by atoms with van der Waals surface area (Å²) in [5.74, 6) is 0.611. The molecule has 5 heteroatoms. The highest BCUT2D eigenvalue weighted by atomic mass is 35.5. The van der Waals surface area contributed by atoms with Gasteiger partial charge in [0.05, 0.1) is 6.54 Å². The smallest absolute Gasteiger partial charge is 0.235 e. The molecule has 0 unspecified atom stereocenters. The van der Waals surface area contributed by atoms with Crippen LogP contribution in [0.25, 0.3) is 0 Å². The number of benzene rings is 1. The van der Waals surface area contributed by atoms with Crippen LogP contribution in [-0.4, -0.2) is 21.3 Å². The van der Waals surface area contributed by atoms with Crippen LogP contribution in [0.4, 0.5) is 0 Å². The predicted molar refractivity (Wildman–Crippen MR) is 75.0 cm³/mol. The third-order valence-electron chi connectivity index (χ3n) is 2.97. The Labute approximate surface area is 117 Å². The maximum atomic E-state index is 11.1. The van der Waals surface area contributed by atoms with Crippen molar-refractivity contribution in [1.82, 2.24) is 14.9 Å². The van der Waals surface area contributed by atoms with Crippen molar-refractivity contribution in [2.24, 2.45) is 7.05 Å². The molecule has 4 nitrogen and oxygen atoms in total. The minimum absolute atomic E-state index is 0.0265. The molecule has 0 atom stereocenters.